The first-order chi connectivity index (χ1) is 5.58. The molecule has 1 aliphatic rings. The van der Waals surface area contributed by atoms with Crippen molar-refractivity contribution in [2.75, 3.05) is 0 Å². The Labute approximate surface area is 72.1 Å². The molecule has 0 aliphatic heterocycles. The van der Waals surface area contributed by atoms with Gasteiger partial charge in [0.05, 0.1) is 5.54 Å². The highest BCUT2D eigenvalue weighted by atomic mass is 19.1. The van der Waals surface area contributed by atoms with E-state index in [-0.39, 0.29) is 5.83 Å². The second-order valence-corrected chi connectivity index (χ2v) is 3.27. The van der Waals surface area contributed by atoms with Crippen LogP contribution in [0.2, 0.25) is 0 Å². The van der Waals surface area contributed by atoms with Gasteiger partial charge in [0, 0.05) is 6.04 Å². The fourth-order valence-corrected chi connectivity index (χ4v) is 1.41. The molecule has 0 aromatic rings. The van der Waals surface area contributed by atoms with E-state index in [1.807, 2.05) is 6.92 Å². The molecule has 1 aliphatic carbocycles. The van der Waals surface area contributed by atoms with Crippen LogP contribution in [0.3, 0.4) is 0 Å². The third kappa shape index (κ3) is 1.73. The zero-order chi connectivity index (χ0) is 9.19. The average molecular weight is 170 g/mol. The summed E-state index contributed by atoms with van der Waals surface area (Å²) in [6.45, 7) is 2.03. The molecule has 0 aromatic heterocycles. The molecular weight excluding hydrogens is 155 g/mol. The molecule has 0 spiro atoms. The molecule has 3 heteroatoms. The molecule has 0 amide bonds. The fourth-order valence-electron chi connectivity index (χ4n) is 1.41. The van der Waals surface area contributed by atoms with Crippen LogP contribution in [0.4, 0.5) is 4.39 Å². The first-order valence-electron chi connectivity index (χ1n) is 4.19. The van der Waals surface area contributed by atoms with Gasteiger partial charge in [-0.3, -0.25) is 0 Å². The Bertz CT molecular complexity index is 223. The second-order valence-electron chi connectivity index (χ2n) is 3.27. The molecule has 0 heterocycles. The molecule has 4 N–H and O–H groups in total. The quantitative estimate of drug-likeness (QED) is 0.655. The number of nitrogens with two attached hydrogens (primary N) is 2. The van der Waals surface area contributed by atoms with Crippen molar-refractivity contribution in [3.8, 4) is 0 Å². The molecular formula is C9H15FN2. The Kier molecular flexibility index (Phi) is 2.65. The first kappa shape index (κ1) is 9.42. The normalized spacial score (nSPS) is 35.0. The number of hydrogen-bond acceptors (Lipinski definition) is 2. The summed E-state index contributed by atoms with van der Waals surface area (Å²) in [5.41, 5.74) is 11.1. The number of halogens is 1. The maximum Gasteiger partial charge on any atom is 0.120 e. The molecule has 0 saturated carbocycles. The van der Waals surface area contributed by atoms with Gasteiger partial charge in [-0.05, 0) is 18.6 Å². The molecule has 2 atom stereocenters. The monoisotopic (exact) mass is 170 g/mol. The highest BCUT2D eigenvalue weighted by Gasteiger charge is 2.29. The van der Waals surface area contributed by atoms with Crippen LogP contribution in [0.5, 0.6) is 0 Å². The Balaban J connectivity index is 2.76. The molecule has 0 aromatic carbocycles. The van der Waals surface area contributed by atoms with Gasteiger partial charge in [-0.25, -0.2) is 4.39 Å². The van der Waals surface area contributed by atoms with Gasteiger partial charge in [0.25, 0.3) is 0 Å². The van der Waals surface area contributed by atoms with Gasteiger partial charge in [0.15, 0.2) is 0 Å². The molecule has 2 nitrogen and oxygen atoms in total. The van der Waals surface area contributed by atoms with Gasteiger partial charge in [0.2, 0.25) is 0 Å². The standard InChI is InChI=1S/C9H15FN2/c1-2-4-9(12)5-3-7(10)6-8(9)11/h3,5-6,8H,2,4,11-12H2,1H3. The second kappa shape index (κ2) is 3.37. The van der Waals surface area contributed by atoms with Crippen molar-refractivity contribution in [1.29, 1.82) is 0 Å². The van der Waals surface area contributed by atoms with Gasteiger partial charge >= 0.3 is 0 Å². The first-order valence-corrected chi connectivity index (χ1v) is 4.19. The summed E-state index contributed by atoms with van der Waals surface area (Å²) < 4.78 is 12.7. The summed E-state index contributed by atoms with van der Waals surface area (Å²) in [5, 5.41) is 0. The van der Waals surface area contributed by atoms with Crippen molar-refractivity contribution in [2.24, 2.45) is 11.5 Å². The van der Waals surface area contributed by atoms with E-state index >= 15 is 0 Å². The van der Waals surface area contributed by atoms with Crippen LogP contribution >= 0.6 is 0 Å². The third-order valence-corrected chi connectivity index (χ3v) is 2.20. The van der Waals surface area contributed by atoms with Gasteiger partial charge in [0.1, 0.15) is 5.83 Å². The minimum absolute atomic E-state index is 0.292. The topological polar surface area (TPSA) is 52.0 Å². The van der Waals surface area contributed by atoms with Crippen molar-refractivity contribution in [1.82, 2.24) is 0 Å². The van der Waals surface area contributed by atoms with E-state index in [0.29, 0.717) is 0 Å². The minimum Gasteiger partial charge on any atom is -0.323 e. The van der Waals surface area contributed by atoms with Gasteiger partial charge in [-0.2, -0.15) is 0 Å². The van der Waals surface area contributed by atoms with Crippen LogP contribution in [0, 0.1) is 0 Å². The van der Waals surface area contributed by atoms with Crippen LogP contribution in [0.25, 0.3) is 0 Å². The van der Waals surface area contributed by atoms with Crippen LogP contribution < -0.4 is 11.5 Å². The van der Waals surface area contributed by atoms with Crippen molar-refractivity contribution in [3.63, 3.8) is 0 Å². The van der Waals surface area contributed by atoms with Crippen LogP contribution in [-0.2, 0) is 0 Å². The Morgan fingerprint density at radius 3 is 2.83 bits per heavy atom. The summed E-state index contributed by atoms with van der Waals surface area (Å²) in [6.07, 6.45) is 6.16. The maximum absolute atomic E-state index is 12.7. The van der Waals surface area contributed by atoms with E-state index < -0.39 is 11.6 Å². The van der Waals surface area contributed by atoms with E-state index in [9.17, 15) is 4.39 Å². The average Bonchev–Trinajstić information content (AvgIpc) is 1.99. The van der Waals surface area contributed by atoms with E-state index in [1.54, 1.807) is 6.08 Å². The van der Waals surface area contributed by atoms with Crippen molar-refractivity contribution < 1.29 is 4.39 Å². The molecule has 12 heavy (non-hydrogen) atoms. The lowest BCUT2D eigenvalue weighted by molar-refractivity contribution is 0.421. The predicted octanol–water partition coefficient (Wildman–Crippen LogP) is 1.23. The lowest BCUT2D eigenvalue weighted by Crippen LogP contribution is -2.53. The Morgan fingerprint density at radius 2 is 2.33 bits per heavy atom. The molecule has 0 fully saturated rings. The fraction of sp³-hybridized carbons (Fsp3) is 0.556. The lowest BCUT2D eigenvalue weighted by atomic mass is 9.84. The highest BCUT2D eigenvalue weighted by molar-refractivity contribution is 5.29. The third-order valence-electron chi connectivity index (χ3n) is 2.20. The predicted molar refractivity (Wildman–Crippen MR) is 48.1 cm³/mol. The summed E-state index contributed by atoms with van der Waals surface area (Å²) in [4.78, 5) is 0. The van der Waals surface area contributed by atoms with E-state index in [1.165, 1.54) is 12.2 Å². The Morgan fingerprint density at radius 1 is 1.67 bits per heavy atom. The summed E-state index contributed by atoms with van der Waals surface area (Å²) in [7, 11) is 0. The van der Waals surface area contributed by atoms with Crippen molar-refractivity contribution in [3.05, 3.63) is 24.1 Å². The highest BCUT2D eigenvalue weighted by Crippen LogP contribution is 2.22. The molecule has 0 saturated heterocycles. The van der Waals surface area contributed by atoms with E-state index in [0.717, 1.165) is 12.8 Å². The lowest BCUT2D eigenvalue weighted by Gasteiger charge is -2.32. The van der Waals surface area contributed by atoms with Crippen LogP contribution in [0.15, 0.2) is 24.1 Å². The number of rotatable bonds is 2. The summed E-state index contributed by atoms with van der Waals surface area (Å²) in [6, 6.07) is -0.401. The van der Waals surface area contributed by atoms with E-state index in [2.05, 4.69) is 0 Å². The van der Waals surface area contributed by atoms with Crippen molar-refractivity contribution >= 4 is 0 Å². The zero-order valence-corrected chi connectivity index (χ0v) is 7.26. The minimum atomic E-state index is -0.551. The molecule has 0 bridgehead atoms. The smallest absolute Gasteiger partial charge is 0.120 e. The van der Waals surface area contributed by atoms with Crippen LogP contribution in [-0.4, -0.2) is 11.6 Å². The van der Waals surface area contributed by atoms with Gasteiger partial charge < -0.3 is 11.5 Å². The van der Waals surface area contributed by atoms with E-state index in [4.69, 9.17) is 11.5 Å². The van der Waals surface area contributed by atoms with Gasteiger partial charge in [-0.15, -0.1) is 0 Å². The molecule has 0 radical (unpaired) electrons. The molecule has 2 unspecified atom stereocenters. The van der Waals surface area contributed by atoms with Crippen molar-refractivity contribution in [2.45, 2.75) is 31.3 Å². The summed E-state index contributed by atoms with van der Waals surface area (Å²) in [5.74, 6) is -0.292. The zero-order valence-electron chi connectivity index (χ0n) is 7.26. The number of allylic oxidation sites excluding steroid dienone is 2. The maximum atomic E-state index is 12.7. The SMILES string of the molecule is CCCC1(N)C=CC(F)=CC1N. The molecule has 1 rings (SSSR count). The number of hydrogen-bond donors (Lipinski definition) is 2. The largest absolute Gasteiger partial charge is 0.323 e. The Hall–Kier alpha value is -0.670. The van der Waals surface area contributed by atoms with Crippen LogP contribution in [0.1, 0.15) is 19.8 Å². The molecule has 68 valence electrons. The summed E-state index contributed by atoms with van der Waals surface area (Å²) >= 11 is 0. The van der Waals surface area contributed by atoms with Gasteiger partial charge in [-0.1, -0.05) is 19.4 Å².